The molecular weight excluding hydrogens is 272 g/mol. The molecule has 2 aromatic rings. The fourth-order valence-electron chi connectivity index (χ4n) is 1.88. The number of carbonyl (C=O) groups excluding carboxylic acids is 1. The zero-order valence-electron chi connectivity index (χ0n) is 11.8. The average molecular weight is 289 g/mol. The van der Waals surface area contributed by atoms with Crippen molar-refractivity contribution < 1.29 is 9.53 Å². The zero-order chi connectivity index (χ0) is 14.7. The lowest BCUT2D eigenvalue weighted by atomic mass is 10.0. The summed E-state index contributed by atoms with van der Waals surface area (Å²) in [6.45, 7) is 6.27. The van der Waals surface area contributed by atoms with E-state index in [4.69, 9.17) is 16.3 Å². The lowest BCUT2D eigenvalue weighted by Crippen LogP contribution is -1.93. The van der Waals surface area contributed by atoms with Gasteiger partial charge in [-0.3, -0.25) is 4.79 Å². The van der Waals surface area contributed by atoms with Crippen LogP contribution >= 0.6 is 11.6 Å². The smallest absolute Gasteiger partial charge is 0.150 e. The van der Waals surface area contributed by atoms with Crippen molar-refractivity contribution in [1.82, 2.24) is 0 Å². The Morgan fingerprint density at radius 1 is 1.10 bits per heavy atom. The van der Waals surface area contributed by atoms with E-state index >= 15 is 0 Å². The van der Waals surface area contributed by atoms with Crippen LogP contribution in [0.2, 0.25) is 5.02 Å². The van der Waals surface area contributed by atoms with Crippen molar-refractivity contribution in [2.75, 3.05) is 0 Å². The average Bonchev–Trinajstić information content (AvgIpc) is 2.42. The molecule has 2 rings (SSSR count). The molecule has 0 fully saturated rings. The second-order valence-electron chi connectivity index (χ2n) is 5.09. The van der Waals surface area contributed by atoms with Gasteiger partial charge in [-0.05, 0) is 48.2 Å². The fraction of sp³-hybridized carbons (Fsp3) is 0.235. The largest absolute Gasteiger partial charge is 0.456 e. The molecule has 0 N–H and O–H groups in total. The van der Waals surface area contributed by atoms with E-state index in [9.17, 15) is 4.79 Å². The van der Waals surface area contributed by atoms with Crippen molar-refractivity contribution in [3.8, 4) is 11.5 Å². The maximum Gasteiger partial charge on any atom is 0.150 e. The number of halogens is 1. The minimum atomic E-state index is 0.434. The maximum atomic E-state index is 10.7. The normalized spacial score (nSPS) is 10.7. The summed E-state index contributed by atoms with van der Waals surface area (Å²) < 4.78 is 5.88. The van der Waals surface area contributed by atoms with Crippen LogP contribution in [0.5, 0.6) is 11.5 Å². The predicted octanol–water partition coefficient (Wildman–Crippen LogP) is 5.38. The second kappa shape index (κ2) is 6.10. The highest BCUT2D eigenvalue weighted by molar-refractivity contribution is 6.32. The Kier molecular flexibility index (Phi) is 4.46. The first-order valence-corrected chi connectivity index (χ1v) is 6.92. The number of aldehydes is 1. The summed E-state index contributed by atoms with van der Waals surface area (Å²) in [6.07, 6.45) is 0.764. The fourth-order valence-corrected chi connectivity index (χ4v) is 2.10. The van der Waals surface area contributed by atoms with E-state index in [1.165, 1.54) is 5.56 Å². The molecule has 0 amide bonds. The van der Waals surface area contributed by atoms with Gasteiger partial charge >= 0.3 is 0 Å². The van der Waals surface area contributed by atoms with Gasteiger partial charge in [-0.15, -0.1) is 0 Å². The molecule has 0 atom stereocenters. The summed E-state index contributed by atoms with van der Waals surface area (Å²) in [6, 6.07) is 11.2. The summed E-state index contributed by atoms with van der Waals surface area (Å²) in [7, 11) is 0. The van der Waals surface area contributed by atoms with Gasteiger partial charge in [-0.1, -0.05) is 37.6 Å². The lowest BCUT2D eigenvalue weighted by Gasteiger charge is -2.13. The van der Waals surface area contributed by atoms with Crippen molar-refractivity contribution in [1.29, 1.82) is 0 Å². The first-order valence-electron chi connectivity index (χ1n) is 6.54. The van der Waals surface area contributed by atoms with Crippen molar-refractivity contribution in [2.45, 2.75) is 26.7 Å². The van der Waals surface area contributed by atoms with Gasteiger partial charge in [-0.25, -0.2) is 0 Å². The van der Waals surface area contributed by atoms with Gasteiger partial charge in [0.05, 0.1) is 5.02 Å². The molecule has 0 aliphatic heterocycles. The molecule has 0 saturated carbocycles. The highest BCUT2D eigenvalue weighted by atomic mass is 35.5. The van der Waals surface area contributed by atoms with Crippen LogP contribution in [0.25, 0.3) is 0 Å². The third-order valence-electron chi connectivity index (χ3n) is 3.19. The van der Waals surface area contributed by atoms with E-state index in [0.29, 0.717) is 22.3 Å². The Labute approximate surface area is 124 Å². The standard InChI is InChI=1S/C17H17ClO2/c1-11(2)14-6-4-12(3)17(9-14)20-16-7-5-13(10-19)8-15(16)18/h4-11H,1-3H3. The molecule has 104 valence electrons. The van der Waals surface area contributed by atoms with Gasteiger partial charge in [0.1, 0.15) is 17.8 Å². The Bertz CT molecular complexity index is 633. The van der Waals surface area contributed by atoms with Crippen molar-refractivity contribution in [3.63, 3.8) is 0 Å². The van der Waals surface area contributed by atoms with Gasteiger partial charge in [0.15, 0.2) is 0 Å². The molecule has 0 aromatic heterocycles. The van der Waals surface area contributed by atoms with E-state index in [2.05, 4.69) is 19.9 Å². The molecule has 0 bridgehead atoms. The number of hydrogen-bond acceptors (Lipinski definition) is 2. The topological polar surface area (TPSA) is 26.3 Å². The van der Waals surface area contributed by atoms with Crippen LogP contribution < -0.4 is 4.74 Å². The van der Waals surface area contributed by atoms with Gasteiger partial charge in [0, 0.05) is 5.56 Å². The summed E-state index contributed by atoms with van der Waals surface area (Å²) in [4.78, 5) is 10.7. The van der Waals surface area contributed by atoms with E-state index < -0.39 is 0 Å². The van der Waals surface area contributed by atoms with Crippen LogP contribution in [0.1, 0.15) is 41.3 Å². The molecule has 0 unspecified atom stereocenters. The highest BCUT2D eigenvalue weighted by Gasteiger charge is 2.09. The highest BCUT2D eigenvalue weighted by Crippen LogP contribution is 2.33. The van der Waals surface area contributed by atoms with Crippen molar-refractivity contribution >= 4 is 17.9 Å². The first kappa shape index (κ1) is 14.6. The second-order valence-corrected chi connectivity index (χ2v) is 5.50. The quantitative estimate of drug-likeness (QED) is 0.706. The molecular formula is C17H17ClO2. The molecule has 2 aromatic carbocycles. The van der Waals surface area contributed by atoms with E-state index in [1.54, 1.807) is 18.2 Å². The summed E-state index contributed by atoms with van der Waals surface area (Å²) in [5.74, 6) is 1.78. The molecule has 0 spiro atoms. The molecule has 0 heterocycles. The number of ether oxygens (including phenoxy) is 1. The van der Waals surface area contributed by atoms with E-state index in [0.717, 1.165) is 17.6 Å². The SMILES string of the molecule is Cc1ccc(C(C)C)cc1Oc1ccc(C=O)cc1Cl. The zero-order valence-corrected chi connectivity index (χ0v) is 12.6. The van der Waals surface area contributed by atoms with Gasteiger partial charge in [-0.2, -0.15) is 0 Å². The Morgan fingerprint density at radius 2 is 1.85 bits per heavy atom. The van der Waals surface area contributed by atoms with Crippen LogP contribution in [0.4, 0.5) is 0 Å². The third-order valence-corrected chi connectivity index (χ3v) is 3.49. The third kappa shape index (κ3) is 3.20. The predicted molar refractivity (Wildman–Crippen MR) is 82.2 cm³/mol. The van der Waals surface area contributed by atoms with Gasteiger partial charge in [0.25, 0.3) is 0 Å². The summed E-state index contributed by atoms with van der Waals surface area (Å²) in [5, 5.41) is 0.434. The molecule has 3 heteroatoms. The number of benzene rings is 2. The Morgan fingerprint density at radius 3 is 2.45 bits per heavy atom. The minimum Gasteiger partial charge on any atom is -0.456 e. The number of rotatable bonds is 4. The molecule has 0 aliphatic rings. The maximum absolute atomic E-state index is 10.7. The monoisotopic (exact) mass is 288 g/mol. The van der Waals surface area contributed by atoms with Crippen LogP contribution in [-0.4, -0.2) is 6.29 Å². The molecule has 0 radical (unpaired) electrons. The molecule has 0 saturated heterocycles. The van der Waals surface area contributed by atoms with Crippen molar-refractivity contribution in [2.24, 2.45) is 0 Å². The van der Waals surface area contributed by atoms with E-state index in [1.807, 2.05) is 19.1 Å². The molecule has 20 heavy (non-hydrogen) atoms. The Hall–Kier alpha value is -1.80. The van der Waals surface area contributed by atoms with Gasteiger partial charge < -0.3 is 4.74 Å². The molecule has 0 aliphatic carbocycles. The lowest BCUT2D eigenvalue weighted by molar-refractivity contribution is 0.112. The molecule has 2 nitrogen and oxygen atoms in total. The Balaban J connectivity index is 2.34. The number of hydrogen-bond donors (Lipinski definition) is 0. The van der Waals surface area contributed by atoms with Crippen LogP contribution in [0.3, 0.4) is 0 Å². The van der Waals surface area contributed by atoms with Crippen LogP contribution in [0.15, 0.2) is 36.4 Å². The van der Waals surface area contributed by atoms with Crippen molar-refractivity contribution in [3.05, 3.63) is 58.1 Å². The number of aryl methyl sites for hydroxylation is 1. The van der Waals surface area contributed by atoms with Gasteiger partial charge in [0.2, 0.25) is 0 Å². The van der Waals surface area contributed by atoms with E-state index in [-0.39, 0.29) is 0 Å². The first-order chi connectivity index (χ1) is 9.51. The van der Waals surface area contributed by atoms with Crippen LogP contribution in [-0.2, 0) is 0 Å². The summed E-state index contributed by atoms with van der Waals surface area (Å²) in [5.41, 5.74) is 2.80. The van der Waals surface area contributed by atoms with Crippen LogP contribution in [0, 0.1) is 6.92 Å². The number of carbonyl (C=O) groups is 1. The minimum absolute atomic E-state index is 0.434. The summed E-state index contributed by atoms with van der Waals surface area (Å²) >= 11 is 6.13.